The van der Waals surface area contributed by atoms with Crippen LogP contribution in [-0.4, -0.2) is 29.9 Å². The molecule has 0 aliphatic carbocycles. The Morgan fingerprint density at radius 1 is 0.947 bits per heavy atom. The van der Waals surface area contributed by atoms with E-state index in [4.69, 9.17) is 4.74 Å². The van der Waals surface area contributed by atoms with Crippen molar-refractivity contribution < 1.29 is 24.2 Å². The molecule has 6 nitrogen and oxygen atoms in total. The first kappa shape index (κ1) is 26.9. The second kappa shape index (κ2) is 10.3. The Bertz CT molecular complexity index is 1440. The first-order valence-electron chi connectivity index (χ1n) is 12.6. The highest BCUT2D eigenvalue weighted by Gasteiger charge is 2.47. The number of hydrogen-bond acceptors (Lipinski definition) is 5. The number of esters is 1. The Balaban J connectivity index is 1.91. The monoisotopic (exact) mass is 511 g/mol. The van der Waals surface area contributed by atoms with E-state index in [9.17, 15) is 19.5 Å². The molecule has 1 N–H and O–H groups in total. The molecule has 1 fully saturated rings. The number of carbonyl (C=O) groups is 3. The Morgan fingerprint density at radius 3 is 2.21 bits per heavy atom. The Hall–Kier alpha value is -4.19. The summed E-state index contributed by atoms with van der Waals surface area (Å²) in [5.74, 6) is -2.02. The maximum Gasteiger partial charge on any atom is 0.309 e. The molecule has 38 heavy (non-hydrogen) atoms. The number of amides is 1. The topological polar surface area (TPSA) is 83.9 Å². The summed E-state index contributed by atoms with van der Waals surface area (Å²) in [6.45, 7) is 10.0. The average molecular weight is 512 g/mol. The molecule has 0 spiro atoms. The second-order valence-corrected chi connectivity index (χ2v) is 10.7. The molecule has 0 bridgehead atoms. The van der Waals surface area contributed by atoms with Crippen LogP contribution in [0.5, 0.6) is 0 Å². The van der Waals surface area contributed by atoms with Gasteiger partial charge < -0.3 is 9.84 Å². The number of ether oxygens (including phenoxy) is 1. The van der Waals surface area contributed by atoms with Crippen LogP contribution in [0.25, 0.3) is 5.76 Å². The van der Waals surface area contributed by atoms with Crippen molar-refractivity contribution in [3.63, 3.8) is 0 Å². The SMILES string of the molecule is COC(=O)Cc1ccc(N2C(=O)C(=O)/C(=C(/O)c3cc(C(C)(C)C)ccc3C)C2c2ccccc2C)cc1. The maximum absolute atomic E-state index is 13.6. The van der Waals surface area contributed by atoms with E-state index in [-0.39, 0.29) is 29.1 Å². The minimum Gasteiger partial charge on any atom is -0.507 e. The minimum atomic E-state index is -0.819. The van der Waals surface area contributed by atoms with Crippen LogP contribution in [0.4, 0.5) is 5.69 Å². The van der Waals surface area contributed by atoms with E-state index >= 15 is 0 Å². The lowest BCUT2D eigenvalue weighted by atomic mass is 9.84. The van der Waals surface area contributed by atoms with Gasteiger partial charge in [0.25, 0.3) is 11.7 Å². The van der Waals surface area contributed by atoms with Crippen LogP contribution in [0.1, 0.15) is 60.2 Å². The third kappa shape index (κ3) is 4.99. The summed E-state index contributed by atoms with van der Waals surface area (Å²) >= 11 is 0. The van der Waals surface area contributed by atoms with Crippen molar-refractivity contribution in [2.75, 3.05) is 12.0 Å². The van der Waals surface area contributed by atoms with Gasteiger partial charge in [-0.1, -0.05) is 69.3 Å². The highest BCUT2D eigenvalue weighted by atomic mass is 16.5. The van der Waals surface area contributed by atoms with Crippen molar-refractivity contribution in [1.29, 1.82) is 0 Å². The standard InChI is InChI=1S/C32H33NO5/c1-19-9-7-8-10-24(19)28-27(29(35)25-18-22(32(3,4)5)14-11-20(25)2)30(36)31(37)33(28)23-15-12-21(13-16-23)17-26(34)38-6/h7-16,18,28,35H,17H2,1-6H3/b29-27+. The molecule has 1 aliphatic rings. The number of anilines is 1. The molecule has 3 aromatic rings. The molecule has 1 aliphatic heterocycles. The quantitative estimate of drug-likeness (QED) is 0.198. The van der Waals surface area contributed by atoms with Gasteiger partial charge >= 0.3 is 5.97 Å². The molecule has 0 saturated carbocycles. The van der Waals surface area contributed by atoms with Crippen molar-refractivity contribution in [2.45, 2.75) is 52.5 Å². The molecule has 0 aromatic heterocycles. The highest BCUT2D eigenvalue weighted by Crippen LogP contribution is 2.43. The molecule has 3 aromatic carbocycles. The molecule has 1 heterocycles. The number of aryl methyl sites for hydroxylation is 2. The Morgan fingerprint density at radius 2 is 1.61 bits per heavy atom. The van der Waals surface area contributed by atoms with E-state index in [1.807, 2.05) is 56.3 Å². The van der Waals surface area contributed by atoms with Crippen LogP contribution in [0, 0.1) is 13.8 Å². The van der Waals surface area contributed by atoms with Gasteiger partial charge in [-0.3, -0.25) is 19.3 Å². The van der Waals surface area contributed by atoms with Crippen molar-refractivity contribution in [1.82, 2.24) is 0 Å². The van der Waals surface area contributed by atoms with E-state index in [0.717, 1.165) is 27.8 Å². The van der Waals surface area contributed by atoms with Crippen molar-refractivity contribution in [2.24, 2.45) is 0 Å². The fraction of sp³-hybridized carbons (Fsp3) is 0.281. The number of ketones is 1. The number of aliphatic hydroxyl groups excluding tert-OH is 1. The molecule has 1 atom stereocenters. The van der Waals surface area contributed by atoms with Gasteiger partial charge in [-0.2, -0.15) is 0 Å². The van der Waals surface area contributed by atoms with Crippen LogP contribution in [0.15, 0.2) is 72.3 Å². The fourth-order valence-electron chi connectivity index (χ4n) is 4.79. The molecular formula is C32H33NO5. The molecule has 4 rings (SSSR count). The van der Waals surface area contributed by atoms with E-state index < -0.39 is 17.7 Å². The highest BCUT2D eigenvalue weighted by molar-refractivity contribution is 6.51. The zero-order valence-corrected chi connectivity index (χ0v) is 22.7. The third-order valence-corrected chi connectivity index (χ3v) is 7.08. The zero-order chi connectivity index (χ0) is 27.8. The lowest BCUT2D eigenvalue weighted by Gasteiger charge is -2.27. The molecule has 196 valence electrons. The molecule has 1 amide bonds. The predicted molar refractivity (Wildman–Crippen MR) is 148 cm³/mol. The fourth-order valence-corrected chi connectivity index (χ4v) is 4.79. The molecular weight excluding hydrogens is 478 g/mol. The number of Topliss-reactive ketones (excluding diaryl/α,β-unsaturated/α-hetero) is 1. The van der Waals surface area contributed by atoms with E-state index in [1.165, 1.54) is 12.0 Å². The Labute approximate surface area is 223 Å². The van der Waals surface area contributed by atoms with Gasteiger partial charge in [0.15, 0.2) is 0 Å². The average Bonchev–Trinajstić information content (AvgIpc) is 3.14. The molecule has 6 heteroatoms. The van der Waals surface area contributed by atoms with Gasteiger partial charge in [-0.15, -0.1) is 0 Å². The molecule has 1 saturated heterocycles. The summed E-state index contributed by atoms with van der Waals surface area (Å²) in [7, 11) is 1.33. The van der Waals surface area contributed by atoms with Gasteiger partial charge in [0.05, 0.1) is 25.1 Å². The maximum atomic E-state index is 13.6. The number of carbonyl (C=O) groups excluding carboxylic acids is 3. The van der Waals surface area contributed by atoms with Crippen LogP contribution >= 0.6 is 0 Å². The number of benzene rings is 3. The van der Waals surface area contributed by atoms with Gasteiger partial charge in [0.2, 0.25) is 0 Å². The number of aliphatic hydroxyl groups is 1. The van der Waals surface area contributed by atoms with Gasteiger partial charge in [0.1, 0.15) is 5.76 Å². The smallest absolute Gasteiger partial charge is 0.309 e. The summed E-state index contributed by atoms with van der Waals surface area (Å²) in [4.78, 5) is 40.2. The number of rotatable bonds is 5. The largest absolute Gasteiger partial charge is 0.507 e. The van der Waals surface area contributed by atoms with Crippen LogP contribution < -0.4 is 4.90 Å². The van der Waals surface area contributed by atoms with Crippen molar-refractivity contribution >= 4 is 29.1 Å². The van der Waals surface area contributed by atoms with E-state index in [1.54, 1.807) is 24.3 Å². The second-order valence-electron chi connectivity index (χ2n) is 10.7. The van der Waals surface area contributed by atoms with Gasteiger partial charge in [0, 0.05) is 11.3 Å². The van der Waals surface area contributed by atoms with E-state index in [0.29, 0.717) is 11.3 Å². The van der Waals surface area contributed by atoms with E-state index in [2.05, 4.69) is 20.8 Å². The van der Waals surface area contributed by atoms with Crippen molar-refractivity contribution in [3.8, 4) is 0 Å². The first-order valence-corrected chi connectivity index (χ1v) is 12.6. The van der Waals surface area contributed by atoms with Crippen LogP contribution in [0.2, 0.25) is 0 Å². The minimum absolute atomic E-state index is 0.0529. The summed E-state index contributed by atoms with van der Waals surface area (Å²) < 4.78 is 4.74. The number of hydrogen-bond donors (Lipinski definition) is 1. The van der Waals surface area contributed by atoms with Crippen molar-refractivity contribution in [3.05, 3.63) is 106 Å². The van der Waals surface area contributed by atoms with Gasteiger partial charge in [-0.05, 0) is 65.3 Å². The number of methoxy groups -OCH3 is 1. The van der Waals surface area contributed by atoms with Crippen LogP contribution in [-0.2, 0) is 31.0 Å². The normalized spacial score (nSPS) is 17.1. The Kier molecular flexibility index (Phi) is 7.27. The molecule has 1 unspecified atom stereocenters. The summed E-state index contributed by atoms with van der Waals surface area (Å²) in [5, 5.41) is 11.7. The lowest BCUT2D eigenvalue weighted by Crippen LogP contribution is -2.29. The summed E-state index contributed by atoms with van der Waals surface area (Å²) in [6, 6.07) is 19.4. The van der Waals surface area contributed by atoms with Crippen LogP contribution in [0.3, 0.4) is 0 Å². The summed E-state index contributed by atoms with van der Waals surface area (Å²) in [6.07, 6.45) is 0.0974. The number of nitrogens with zero attached hydrogens (tertiary/aromatic N) is 1. The third-order valence-electron chi connectivity index (χ3n) is 7.08. The first-order chi connectivity index (χ1) is 17.9. The predicted octanol–water partition coefficient (Wildman–Crippen LogP) is 5.94. The zero-order valence-electron chi connectivity index (χ0n) is 22.7. The molecule has 0 radical (unpaired) electrons. The van der Waals surface area contributed by atoms with Gasteiger partial charge in [-0.25, -0.2) is 0 Å². The summed E-state index contributed by atoms with van der Waals surface area (Å²) in [5.41, 5.74) is 5.07. The lowest BCUT2D eigenvalue weighted by molar-refractivity contribution is -0.139.